The Morgan fingerprint density at radius 2 is 1.67 bits per heavy atom. The summed E-state index contributed by atoms with van der Waals surface area (Å²) in [6.45, 7) is 8.83. The van der Waals surface area contributed by atoms with Crippen LogP contribution >= 0.6 is 0 Å². The second-order valence-electron chi connectivity index (χ2n) is 12.3. The molecule has 1 unspecified atom stereocenters. The van der Waals surface area contributed by atoms with Crippen LogP contribution in [0.5, 0.6) is 0 Å². The van der Waals surface area contributed by atoms with Crippen LogP contribution in [0, 0.1) is 5.92 Å². The average Bonchev–Trinajstić information content (AvgIpc) is 3.49. The Hall–Kier alpha value is -2.53. The van der Waals surface area contributed by atoms with Crippen LogP contribution < -0.4 is 16.7 Å². The van der Waals surface area contributed by atoms with Crippen molar-refractivity contribution >= 4 is 22.8 Å². The van der Waals surface area contributed by atoms with Crippen LogP contribution in [-0.4, -0.2) is 93.5 Å². The van der Waals surface area contributed by atoms with Gasteiger partial charge in [0.05, 0.1) is 11.0 Å². The lowest BCUT2D eigenvalue weighted by atomic mass is 9.86. The molecule has 2 aromatic rings. The summed E-state index contributed by atoms with van der Waals surface area (Å²) in [5, 5.41) is 2.38. The van der Waals surface area contributed by atoms with Gasteiger partial charge in [0, 0.05) is 71.4 Å². The molecule has 1 aromatic carbocycles. The third-order valence-corrected chi connectivity index (χ3v) is 9.66. The maximum Gasteiger partial charge on any atom is 0.329 e. The first kappa shape index (κ1) is 26.7. The normalized spacial score (nSPS) is 29.8. The van der Waals surface area contributed by atoms with Gasteiger partial charge in [-0.25, -0.2) is 4.79 Å². The number of amides is 2. The van der Waals surface area contributed by atoms with Gasteiger partial charge >= 0.3 is 5.69 Å². The van der Waals surface area contributed by atoms with Gasteiger partial charge < -0.3 is 10.6 Å². The zero-order chi connectivity index (χ0) is 27.1. The van der Waals surface area contributed by atoms with Gasteiger partial charge in [0.2, 0.25) is 11.8 Å². The van der Waals surface area contributed by atoms with E-state index < -0.39 is 11.9 Å². The Morgan fingerprint density at radius 3 is 2.41 bits per heavy atom. The molecule has 0 radical (unpaired) electrons. The molecule has 6 rings (SSSR count). The van der Waals surface area contributed by atoms with E-state index in [1.165, 1.54) is 57.3 Å². The summed E-state index contributed by atoms with van der Waals surface area (Å²) in [4.78, 5) is 45.0. The number of carbonyl (C=O) groups excluding carboxylic acids is 2. The van der Waals surface area contributed by atoms with Gasteiger partial charge in [0.25, 0.3) is 0 Å². The molecule has 3 saturated heterocycles. The highest BCUT2D eigenvalue weighted by Gasteiger charge is 2.33. The molecule has 10 nitrogen and oxygen atoms in total. The predicted octanol–water partition coefficient (Wildman–Crippen LogP) is 1.03. The number of nitrogens with one attached hydrogen (secondary N) is 1. The first-order valence-corrected chi connectivity index (χ1v) is 14.8. The molecule has 4 heterocycles. The summed E-state index contributed by atoms with van der Waals surface area (Å²) >= 11 is 0. The van der Waals surface area contributed by atoms with Crippen LogP contribution in [0.15, 0.2) is 23.0 Å². The number of aromatic nitrogens is 2. The number of carbonyl (C=O) groups is 2. The van der Waals surface area contributed by atoms with Gasteiger partial charge in [-0.05, 0) is 68.7 Å². The van der Waals surface area contributed by atoms with Crippen molar-refractivity contribution in [1.82, 2.24) is 29.2 Å². The fourth-order valence-electron chi connectivity index (χ4n) is 7.29. The third-order valence-electron chi connectivity index (χ3n) is 9.66. The summed E-state index contributed by atoms with van der Waals surface area (Å²) in [6, 6.07) is 6.57. The first-order chi connectivity index (χ1) is 18.9. The van der Waals surface area contributed by atoms with Gasteiger partial charge in [0.1, 0.15) is 6.04 Å². The van der Waals surface area contributed by atoms with E-state index in [1.807, 2.05) is 6.07 Å². The Morgan fingerprint density at radius 1 is 0.897 bits per heavy atom. The van der Waals surface area contributed by atoms with Gasteiger partial charge in [-0.1, -0.05) is 6.07 Å². The van der Waals surface area contributed by atoms with Crippen molar-refractivity contribution < 1.29 is 9.59 Å². The summed E-state index contributed by atoms with van der Waals surface area (Å²) in [6.07, 6.45) is 6.85. The van der Waals surface area contributed by atoms with E-state index in [2.05, 4.69) is 32.1 Å². The topological polar surface area (TPSA) is 109 Å². The number of nitrogens with zero attached hydrogens (tertiary/aromatic N) is 5. The average molecular weight is 538 g/mol. The molecule has 1 aromatic heterocycles. The Bertz CT molecular complexity index is 1270. The molecule has 1 saturated carbocycles. The quantitative estimate of drug-likeness (QED) is 0.530. The molecule has 4 fully saturated rings. The zero-order valence-electron chi connectivity index (χ0n) is 23.2. The van der Waals surface area contributed by atoms with Crippen LogP contribution in [-0.2, 0) is 23.2 Å². The van der Waals surface area contributed by atoms with E-state index in [0.29, 0.717) is 18.5 Å². The number of benzene rings is 1. The van der Waals surface area contributed by atoms with E-state index in [9.17, 15) is 14.4 Å². The van der Waals surface area contributed by atoms with Crippen molar-refractivity contribution in [1.29, 1.82) is 0 Å². The number of rotatable bonds is 6. The highest BCUT2D eigenvalue weighted by atomic mass is 16.2. The summed E-state index contributed by atoms with van der Waals surface area (Å²) < 4.78 is 3.17. The summed E-state index contributed by atoms with van der Waals surface area (Å²) in [5.41, 5.74) is 8.62. The smallest absolute Gasteiger partial charge is 0.328 e. The molecule has 2 amide bonds. The van der Waals surface area contributed by atoms with Crippen molar-refractivity contribution in [2.45, 2.75) is 69.6 Å². The molecular weight excluding hydrogens is 494 g/mol. The van der Waals surface area contributed by atoms with Gasteiger partial charge in [-0.15, -0.1) is 0 Å². The third kappa shape index (κ3) is 5.57. The number of nitrogens with two attached hydrogens (primary N) is 1. The molecule has 0 spiro atoms. The van der Waals surface area contributed by atoms with Crippen LogP contribution in [0.1, 0.15) is 56.6 Å². The minimum Gasteiger partial charge on any atom is -0.328 e. The van der Waals surface area contributed by atoms with Crippen molar-refractivity contribution in [2.75, 3.05) is 45.8 Å². The van der Waals surface area contributed by atoms with E-state index in [1.54, 1.807) is 16.2 Å². The van der Waals surface area contributed by atoms with Crippen molar-refractivity contribution in [3.05, 3.63) is 34.2 Å². The van der Waals surface area contributed by atoms with E-state index in [-0.39, 0.29) is 18.0 Å². The van der Waals surface area contributed by atoms with Crippen LogP contribution in [0.2, 0.25) is 0 Å². The van der Waals surface area contributed by atoms with Gasteiger partial charge in [-0.3, -0.25) is 33.8 Å². The molecule has 3 aliphatic heterocycles. The molecule has 212 valence electrons. The molecular formula is C29H43N7O3. The molecule has 10 heteroatoms. The number of hydrogen-bond acceptors (Lipinski definition) is 7. The van der Waals surface area contributed by atoms with Crippen molar-refractivity contribution in [3.8, 4) is 0 Å². The lowest BCUT2D eigenvalue weighted by molar-refractivity contribution is -0.135. The highest BCUT2D eigenvalue weighted by Crippen LogP contribution is 2.27. The van der Waals surface area contributed by atoms with Crippen LogP contribution in [0.25, 0.3) is 11.0 Å². The van der Waals surface area contributed by atoms with E-state index in [0.717, 1.165) is 49.7 Å². The number of piperidine rings is 1. The Kier molecular flexibility index (Phi) is 7.63. The van der Waals surface area contributed by atoms with Gasteiger partial charge in [-0.2, -0.15) is 0 Å². The standard InChI is InChI=1S/C29H43N7O3/c1-32-26-16-21(4-7-24(26)36(29(32)39)25-8-9-27(37)31-28(25)38)18-33-12-14-35(15-13-33)23-10-11-34(19-23)17-20-2-5-22(30)6-3-20/h4,7,16,20,22-23,25H,2-3,5-6,8-15,17-19,30H2,1H3,(H,31,37,38)/t20?,22?,23-,25?/m1/s1. The SMILES string of the molecule is Cn1c(=O)n(C2CCC(=O)NC2=O)c2ccc(CN3CCN([C@@H]4CCN(CC5CCC(N)CC5)C4)CC3)cc21. The maximum absolute atomic E-state index is 13.1. The van der Waals surface area contributed by atoms with E-state index >= 15 is 0 Å². The summed E-state index contributed by atoms with van der Waals surface area (Å²) in [7, 11) is 1.75. The van der Waals surface area contributed by atoms with Gasteiger partial charge in [0.15, 0.2) is 0 Å². The second-order valence-corrected chi connectivity index (χ2v) is 12.3. The Balaban J connectivity index is 1.04. The number of imide groups is 1. The molecule has 3 N–H and O–H groups in total. The zero-order valence-corrected chi connectivity index (χ0v) is 23.2. The lowest BCUT2D eigenvalue weighted by Crippen LogP contribution is -2.50. The fourth-order valence-corrected chi connectivity index (χ4v) is 7.29. The van der Waals surface area contributed by atoms with Crippen LogP contribution in [0.3, 0.4) is 0 Å². The van der Waals surface area contributed by atoms with Crippen molar-refractivity contribution in [2.24, 2.45) is 18.7 Å². The maximum atomic E-state index is 13.1. The molecule has 0 bridgehead atoms. The monoisotopic (exact) mass is 537 g/mol. The lowest BCUT2D eigenvalue weighted by Gasteiger charge is -2.38. The highest BCUT2D eigenvalue weighted by molar-refractivity contribution is 6.00. The van der Waals surface area contributed by atoms with Crippen molar-refractivity contribution in [3.63, 3.8) is 0 Å². The number of imidazole rings is 1. The molecule has 39 heavy (non-hydrogen) atoms. The largest absolute Gasteiger partial charge is 0.329 e. The summed E-state index contributed by atoms with van der Waals surface area (Å²) in [5.74, 6) is 0.160. The van der Waals surface area contributed by atoms with Crippen LogP contribution in [0.4, 0.5) is 0 Å². The second kappa shape index (κ2) is 11.2. The number of fused-ring (bicyclic) bond motifs is 1. The number of aryl methyl sites for hydroxylation is 1. The molecule has 1 aliphatic carbocycles. The first-order valence-electron chi connectivity index (χ1n) is 14.8. The Labute approximate surface area is 230 Å². The van der Waals surface area contributed by atoms with E-state index in [4.69, 9.17) is 5.73 Å². The fraction of sp³-hybridized carbons (Fsp3) is 0.690. The minimum absolute atomic E-state index is 0.220. The minimum atomic E-state index is -0.648. The molecule has 4 aliphatic rings. The number of piperazine rings is 1. The number of likely N-dealkylation sites (tertiary alicyclic amines) is 1. The number of hydrogen-bond donors (Lipinski definition) is 2. The predicted molar refractivity (Wildman–Crippen MR) is 150 cm³/mol. The molecule has 2 atom stereocenters.